The number of para-hydroxylation sites is 1. The van der Waals surface area contributed by atoms with Gasteiger partial charge in [0, 0.05) is 0 Å². The Morgan fingerprint density at radius 1 is 0.591 bits per heavy atom. The Balaban J connectivity index is 1.31. The van der Waals surface area contributed by atoms with E-state index in [1.165, 1.54) is 33.4 Å². The summed E-state index contributed by atoms with van der Waals surface area (Å²) < 4.78 is 30.1. The molecule has 0 saturated heterocycles. The predicted molar refractivity (Wildman–Crippen MR) is 174 cm³/mol. The standard InChI is InChI=1S/C39H26N2O2S/c1-25-40-34-17-10-18-36-38(34)41(25)35-22-20-27(24-37(35)44(36,42)43)26-19-21-31-30-15-8-9-16-32(30)39(33(31)23-26,28-11-4-2-5-12-28)29-13-6-3-7-14-29/h2-24H,1H3. The molecule has 0 atom stereocenters. The number of rotatable bonds is 3. The molecule has 2 aliphatic rings. The second kappa shape index (κ2) is 8.88. The van der Waals surface area contributed by atoms with Gasteiger partial charge < -0.3 is 0 Å². The molecular weight excluding hydrogens is 561 g/mol. The molecule has 210 valence electrons. The van der Waals surface area contributed by atoms with Crippen LogP contribution in [0.4, 0.5) is 0 Å². The first-order valence-electron chi connectivity index (χ1n) is 14.7. The molecule has 0 spiro atoms. The minimum atomic E-state index is -3.75. The van der Waals surface area contributed by atoms with Gasteiger partial charge >= 0.3 is 0 Å². The van der Waals surface area contributed by atoms with E-state index in [1.807, 2.05) is 35.8 Å². The number of benzene rings is 6. The van der Waals surface area contributed by atoms with Crippen molar-refractivity contribution in [2.75, 3.05) is 0 Å². The number of hydrogen-bond acceptors (Lipinski definition) is 3. The Hall–Kier alpha value is -5.26. The Kier molecular flexibility index (Phi) is 5.10. The van der Waals surface area contributed by atoms with E-state index in [1.54, 1.807) is 12.1 Å². The summed E-state index contributed by atoms with van der Waals surface area (Å²) in [7, 11) is -3.75. The lowest BCUT2D eigenvalue weighted by Gasteiger charge is -2.34. The minimum absolute atomic E-state index is 0.303. The first-order chi connectivity index (χ1) is 21.5. The third-order valence-corrected chi connectivity index (χ3v) is 11.2. The van der Waals surface area contributed by atoms with E-state index in [0.29, 0.717) is 26.5 Å². The van der Waals surface area contributed by atoms with Crippen LogP contribution in [0.2, 0.25) is 0 Å². The number of nitrogens with zero attached hydrogens (tertiary/aromatic N) is 2. The second-order valence-corrected chi connectivity index (χ2v) is 13.5. The largest absolute Gasteiger partial charge is 0.294 e. The monoisotopic (exact) mass is 586 g/mol. The van der Waals surface area contributed by atoms with Gasteiger partial charge in [-0.05, 0) is 81.8 Å². The van der Waals surface area contributed by atoms with Crippen molar-refractivity contribution >= 4 is 20.9 Å². The second-order valence-electron chi connectivity index (χ2n) is 11.6. The van der Waals surface area contributed by atoms with E-state index in [2.05, 4.69) is 108 Å². The lowest BCUT2D eigenvalue weighted by Crippen LogP contribution is -2.28. The molecule has 2 heterocycles. The highest BCUT2D eigenvalue weighted by Gasteiger charge is 2.46. The van der Waals surface area contributed by atoms with Crippen molar-refractivity contribution in [3.8, 4) is 27.9 Å². The summed E-state index contributed by atoms with van der Waals surface area (Å²) in [5.74, 6) is 0.766. The first kappa shape index (κ1) is 25.3. The van der Waals surface area contributed by atoms with Crippen molar-refractivity contribution < 1.29 is 8.42 Å². The molecule has 0 radical (unpaired) electrons. The van der Waals surface area contributed by atoms with Crippen LogP contribution in [0.3, 0.4) is 0 Å². The smallest absolute Gasteiger partial charge is 0.210 e. The maximum Gasteiger partial charge on any atom is 0.210 e. The van der Waals surface area contributed by atoms with Gasteiger partial charge in [0.05, 0.1) is 31.9 Å². The fraction of sp³-hybridized carbons (Fsp3) is 0.0513. The molecule has 1 aliphatic heterocycles. The number of aryl methyl sites for hydroxylation is 1. The molecule has 9 rings (SSSR count). The summed E-state index contributed by atoms with van der Waals surface area (Å²) in [6.45, 7) is 1.92. The van der Waals surface area contributed by atoms with Crippen LogP contribution in [0.15, 0.2) is 149 Å². The molecule has 0 unspecified atom stereocenters. The molecule has 1 aliphatic carbocycles. The average Bonchev–Trinajstić information content (AvgIpc) is 3.56. The lowest BCUT2D eigenvalue weighted by molar-refractivity contribution is 0.594. The molecule has 6 aromatic carbocycles. The van der Waals surface area contributed by atoms with Crippen molar-refractivity contribution in [2.24, 2.45) is 0 Å². The summed E-state index contributed by atoms with van der Waals surface area (Å²) in [6, 6.07) is 47.7. The van der Waals surface area contributed by atoms with Crippen LogP contribution < -0.4 is 0 Å². The molecule has 4 nitrogen and oxygen atoms in total. The molecule has 0 saturated carbocycles. The zero-order chi connectivity index (χ0) is 29.6. The van der Waals surface area contributed by atoms with Crippen molar-refractivity contribution in [1.29, 1.82) is 0 Å². The Bertz CT molecular complexity index is 2370. The molecule has 1 aromatic heterocycles. The zero-order valence-corrected chi connectivity index (χ0v) is 24.7. The van der Waals surface area contributed by atoms with Crippen LogP contribution in [-0.2, 0) is 15.3 Å². The fourth-order valence-corrected chi connectivity index (χ4v) is 9.22. The molecule has 0 N–H and O–H groups in total. The normalized spacial score (nSPS) is 15.0. The first-order valence-corrected chi connectivity index (χ1v) is 16.2. The third-order valence-electron chi connectivity index (χ3n) is 9.38. The van der Waals surface area contributed by atoms with Gasteiger partial charge in [0.15, 0.2) is 0 Å². The summed E-state index contributed by atoms with van der Waals surface area (Å²) in [5, 5.41) is 0. The molecule has 5 heteroatoms. The van der Waals surface area contributed by atoms with Gasteiger partial charge in [-0.25, -0.2) is 13.4 Å². The van der Waals surface area contributed by atoms with Gasteiger partial charge in [-0.15, -0.1) is 0 Å². The van der Waals surface area contributed by atoms with Crippen LogP contribution in [0, 0.1) is 6.92 Å². The van der Waals surface area contributed by atoms with Crippen molar-refractivity contribution in [3.05, 3.63) is 168 Å². The number of fused-ring (bicyclic) bond motifs is 5. The molecule has 0 amide bonds. The van der Waals surface area contributed by atoms with E-state index in [9.17, 15) is 8.42 Å². The topological polar surface area (TPSA) is 52.0 Å². The molecule has 0 fully saturated rings. The summed E-state index contributed by atoms with van der Waals surface area (Å²) in [4.78, 5) is 5.27. The maximum atomic E-state index is 14.0. The SMILES string of the molecule is Cc1nc2cccc3c2n1-c1ccc(-c2ccc4c(c2)C(c2ccccc2)(c2ccccc2)c2ccccc2-4)cc1S3(=O)=O. The summed E-state index contributed by atoms with van der Waals surface area (Å²) in [6.07, 6.45) is 0. The highest BCUT2D eigenvalue weighted by atomic mass is 32.2. The van der Waals surface area contributed by atoms with Gasteiger partial charge in [0.25, 0.3) is 0 Å². The molecule has 0 bridgehead atoms. The van der Waals surface area contributed by atoms with Gasteiger partial charge in [-0.3, -0.25) is 4.57 Å². The Labute approximate surface area is 255 Å². The van der Waals surface area contributed by atoms with Crippen LogP contribution in [0.25, 0.3) is 39.0 Å². The van der Waals surface area contributed by atoms with E-state index in [4.69, 9.17) is 0 Å². The van der Waals surface area contributed by atoms with Gasteiger partial charge in [0.2, 0.25) is 9.84 Å². The van der Waals surface area contributed by atoms with Gasteiger partial charge in [0.1, 0.15) is 5.82 Å². The van der Waals surface area contributed by atoms with Crippen molar-refractivity contribution in [1.82, 2.24) is 9.55 Å². The number of aromatic nitrogens is 2. The van der Waals surface area contributed by atoms with E-state index in [-0.39, 0.29) is 0 Å². The quantitative estimate of drug-likeness (QED) is 0.209. The van der Waals surface area contributed by atoms with E-state index >= 15 is 0 Å². The Morgan fingerprint density at radius 3 is 1.98 bits per heavy atom. The number of imidazole rings is 1. The molecular formula is C39H26N2O2S. The predicted octanol–water partition coefficient (Wildman–Crippen LogP) is 8.51. The lowest BCUT2D eigenvalue weighted by atomic mass is 9.67. The van der Waals surface area contributed by atoms with Crippen molar-refractivity contribution in [3.63, 3.8) is 0 Å². The number of hydrogen-bond donors (Lipinski definition) is 0. The average molecular weight is 587 g/mol. The fourth-order valence-electron chi connectivity index (χ4n) is 7.56. The maximum absolute atomic E-state index is 14.0. The molecule has 44 heavy (non-hydrogen) atoms. The van der Waals surface area contributed by atoms with Crippen molar-refractivity contribution in [2.45, 2.75) is 22.1 Å². The molecule has 7 aromatic rings. The van der Waals surface area contributed by atoms with Gasteiger partial charge in [-0.2, -0.15) is 0 Å². The Morgan fingerprint density at radius 2 is 1.23 bits per heavy atom. The third kappa shape index (κ3) is 3.17. The highest BCUT2D eigenvalue weighted by Crippen LogP contribution is 2.56. The summed E-state index contributed by atoms with van der Waals surface area (Å²) >= 11 is 0. The van der Waals surface area contributed by atoms with Crippen LogP contribution in [0.1, 0.15) is 28.1 Å². The minimum Gasteiger partial charge on any atom is -0.294 e. The van der Waals surface area contributed by atoms with Crippen LogP contribution in [0.5, 0.6) is 0 Å². The summed E-state index contributed by atoms with van der Waals surface area (Å²) in [5.41, 5.74) is 10.5. The van der Waals surface area contributed by atoms with Crippen LogP contribution >= 0.6 is 0 Å². The van der Waals surface area contributed by atoms with E-state index in [0.717, 1.165) is 17.0 Å². The highest BCUT2D eigenvalue weighted by molar-refractivity contribution is 7.92. The van der Waals surface area contributed by atoms with Crippen LogP contribution in [-0.4, -0.2) is 18.0 Å². The van der Waals surface area contributed by atoms with Gasteiger partial charge in [-0.1, -0.05) is 109 Å². The number of sulfone groups is 1. The van der Waals surface area contributed by atoms with E-state index < -0.39 is 15.3 Å². The zero-order valence-electron chi connectivity index (χ0n) is 23.9.